The average Bonchev–Trinajstić information content (AvgIpc) is 2.93. The summed E-state index contributed by atoms with van der Waals surface area (Å²) in [6, 6.07) is 19.9. The van der Waals surface area contributed by atoms with Crippen molar-refractivity contribution in [2.24, 2.45) is 0 Å². The Morgan fingerprint density at radius 1 is 0.789 bits per heavy atom. The van der Waals surface area contributed by atoms with Crippen molar-refractivity contribution in [3.63, 3.8) is 0 Å². The van der Waals surface area contributed by atoms with Crippen LogP contribution >= 0.6 is 0 Å². The first-order valence-electron chi connectivity index (χ1n) is 6.32. The number of hydrogen-bond acceptors (Lipinski definition) is 3. The highest BCUT2D eigenvalue weighted by Crippen LogP contribution is 2.39. The third-order valence-electron chi connectivity index (χ3n) is 3.21. The molecule has 2 aromatic rings. The van der Waals surface area contributed by atoms with Gasteiger partial charge in [-0.3, -0.25) is 0 Å². The second-order valence-electron chi connectivity index (χ2n) is 4.45. The molecule has 0 bridgehead atoms. The van der Waals surface area contributed by atoms with Crippen molar-refractivity contribution in [1.82, 2.24) is 0 Å². The minimum absolute atomic E-state index is 0.198. The van der Waals surface area contributed by atoms with E-state index in [2.05, 4.69) is 0 Å². The predicted octanol–water partition coefficient (Wildman–Crippen LogP) is 3.45. The SMILES string of the molecule is COC1OC(c2ccccc2)OC1c1ccccc1. The Hall–Kier alpha value is -1.68. The van der Waals surface area contributed by atoms with Gasteiger partial charge in [0.15, 0.2) is 12.6 Å². The van der Waals surface area contributed by atoms with E-state index in [9.17, 15) is 0 Å². The van der Waals surface area contributed by atoms with Crippen LogP contribution in [-0.2, 0) is 14.2 Å². The van der Waals surface area contributed by atoms with Gasteiger partial charge in [-0.05, 0) is 5.56 Å². The molecular formula is C16H16O3. The van der Waals surface area contributed by atoms with Crippen molar-refractivity contribution in [2.75, 3.05) is 7.11 Å². The van der Waals surface area contributed by atoms with Crippen molar-refractivity contribution >= 4 is 0 Å². The Balaban J connectivity index is 1.83. The Kier molecular flexibility index (Phi) is 3.60. The van der Waals surface area contributed by atoms with Crippen LogP contribution in [0.3, 0.4) is 0 Å². The standard InChI is InChI=1S/C16H16O3/c1-17-16-14(12-8-4-2-5-9-12)18-15(19-16)13-10-6-3-7-11-13/h2-11,14-16H,1H3. The summed E-state index contributed by atoms with van der Waals surface area (Å²) >= 11 is 0. The summed E-state index contributed by atoms with van der Waals surface area (Å²) in [4.78, 5) is 0. The molecule has 2 aromatic carbocycles. The van der Waals surface area contributed by atoms with Crippen LogP contribution in [0.4, 0.5) is 0 Å². The van der Waals surface area contributed by atoms with E-state index in [4.69, 9.17) is 14.2 Å². The molecule has 0 spiro atoms. The van der Waals surface area contributed by atoms with E-state index in [0.29, 0.717) is 0 Å². The predicted molar refractivity (Wildman–Crippen MR) is 71.3 cm³/mol. The van der Waals surface area contributed by atoms with E-state index in [1.165, 1.54) is 0 Å². The molecule has 1 saturated heterocycles. The summed E-state index contributed by atoms with van der Waals surface area (Å²) in [6.45, 7) is 0. The van der Waals surface area contributed by atoms with Crippen LogP contribution in [0, 0.1) is 0 Å². The minimum atomic E-state index is -0.382. The molecule has 0 N–H and O–H groups in total. The second-order valence-corrected chi connectivity index (χ2v) is 4.45. The molecule has 1 heterocycles. The first-order chi connectivity index (χ1) is 9.38. The minimum Gasteiger partial charge on any atom is -0.353 e. The molecule has 98 valence electrons. The maximum absolute atomic E-state index is 5.99. The summed E-state index contributed by atoms with van der Waals surface area (Å²) in [5, 5.41) is 0. The summed E-state index contributed by atoms with van der Waals surface area (Å²) in [7, 11) is 1.64. The van der Waals surface area contributed by atoms with Gasteiger partial charge < -0.3 is 14.2 Å². The lowest BCUT2D eigenvalue weighted by molar-refractivity contribution is -0.133. The fourth-order valence-electron chi connectivity index (χ4n) is 2.25. The van der Waals surface area contributed by atoms with Crippen molar-refractivity contribution in [2.45, 2.75) is 18.7 Å². The second kappa shape index (κ2) is 5.53. The molecule has 3 rings (SSSR count). The van der Waals surface area contributed by atoms with Gasteiger partial charge in [0.2, 0.25) is 0 Å². The van der Waals surface area contributed by atoms with Crippen LogP contribution in [-0.4, -0.2) is 13.4 Å². The lowest BCUT2D eigenvalue weighted by Crippen LogP contribution is -2.16. The van der Waals surface area contributed by atoms with Crippen LogP contribution in [0.25, 0.3) is 0 Å². The first kappa shape index (κ1) is 12.4. The van der Waals surface area contributed by atoms with E-state index in [1.807, 2.05) is 60.7 Å². The third kappa shape index (κ3) is 2.54. The maximum atomic E-state index is 5.99. The Morgan fingerprint density at radius 2 is 1.37 bits per heavy atom. The fourth-order valence-corrected chi connectivity index (χ4v) is 2.25. The Bertz CT molecular complexity index is 512. The number of hydrogen-bond donors (Lipinski definition) is 0. The van der Waals surface area contributed by atoms with Gasteiger partial charge in [-0.2, -0.15) is 0 Å². The quantitative estimate of drug-likeness (QED) is 0.842. The Morgan fingerprint density at radius 3 is 1.95 bits per heavy atom. The highest BCUT2D eigenvalue weighted by atomic mass is 16.8. The number of methoxy groups -OCH3 is 1. The molecule has 0 aliphatic carbocycles. The van der Waals surface area contributed by atoms with Crippen LogP contribution in [0.1, 0.15) is 23.5 Å². The summed E-state index contributed by atoms with van der Waals surface area (Å²) in [6.07, 6.45) is -0.958. The monoisotopic (exact) mass is 256 g/mol. The van der Waals surface area contributed by atoms with Gasteiger partial charge in [-0.25, -0.2) is 0 Å². The molecule has 3 unspecified atom stereocenters. The van der Waals surface area contributed by atoms with E-state index < -0.39 is 0 Å². The van der Waals surface area contributed by atoms with Crippen LogP contribution in [0.15, 0.2) is 60.7 Å². The van der Waals surface area contributed by atoms with Crippen LogP contribution in [0.2, 0.25) is 0 Å². The lowest BCUT2D eigenvalue weighted by atomic mass is 10.1. The fraction of sp³-hybridized carbons (Fsp3) is 0.250. The van der Waals surface area contributed by atoms with E-state index in [1.54, 1.807) is 7.11 Å². The molecule has 3 atom stereocenters. The molecule has 0 radical (unpaired) electrons. The molecule has 0 saturated carbocycles. The zero-order valence-electron chi connectivity index (χ0n) is 10.7. The maximum Gasteiger partial charge on any atom is 0.191 e. The van der Waals surface area contributed by atoms with Gasteiger partial charge in [-0.1, -0.05) is 60.7 Å². The van der Waals surface area contributed by atoms with Crippen LogP contribution < -0.4 is 0 Å². The normalized spacial score (nSPS) is 26.5. The van der Waals surface area contributed by atoms with E-state index >= 15 is 0 Å². The van der Waals surface area contributed by atoms with Crippen molar-refractivity contribution in [3.8, 4) is 0 Å². The topological polar surface area (TPSA) is 27.7 Å². The molecule has 1 aliphatic heterocycles. The van der Waals surface area contributed by atoms with Crippen molar-refractivity contribution < 1.29 is 14.2 Å². The lowest BCUT2D eigenvalue weighted by Gasteiger charge is -2.14. The average molecular weight is 256 g/mol. The van der Waals surface area contributed by atoms with Gasteiger partial charge in [0.25, 0.3) is 0 Å². The summed E-state index contributed by atoms with van der Waals surface area (Å²) < 4.78 is 17.2. The van der Waals surface area contributed by atoms with Crippen molar-refractivity contribution in [3.05, 3.63) is 71.8 Å². The molecule has 1 fully saturated rings. The summed E-state index contributed by atoms with van der Waals surface area (Å²) in [5.74, 6) is 0. The van der Waals surface area contributed by atoms with Gasteiger partial charge >= 0.3 is 0 Å². The van der Waals surface area contributed by atoms with E-state index in [-0.39, 0.29) is 18.7 Å². The highest BCUT2D eigenvalue weighted by Gasteiger charge is 2.37. The number of benzene rings is 2. The molecule has 19 heavy (non-hydrogen) atoms. The molecule has 3 nitrogen and oxygen atoms in total. The molecule has 0 amide bonds. The van der Waals surface area contributed by atoms with Gasteiger partial charge in [-0.15, -0.1) is 0 Å². The zero-order chi connectivity index (χ0) is 13.1. The van der Waals surface area contributed by atoms with Crippen molar-refractivity contribution in [1.29, 1.82) is 0 Å². The van der Waals surface area contributed by atoms with Gasteiger partial charge in [0, 0.05) is 12.7 Å². The zero-order valence-corrected chi connectivity index (χ0v) is 10.7. The van der Waals surface area contributed by atoms with Gasteiger partial charge in [0.1, 0.15) is 6.10 Å². The largest absolute Gasteiger partial charge is 0.353 e. The molecule has 1 aliphatic rings. The molecule has 0 aromatic heterocycles. The summed E-state index contributed by atoms with van der Waals surface area (Å²) in [5.41, 5.74) is 2.07. The van der Waals surface area contributed by atoms with Crippen LogP contribution in [0.5, 0.6) is 0 Å². The third-order valence-corrected chi connectivity index (χ3v) is 3.21. The first-order valence-corrected chi connectivity index (χ1v) is 6.32. The highest BCUT2D eigenvalue weighted by molar-refractivity contribution is 5.21. The Labute approximate surface area is 112 Å². The smallest absolute Gasteiger partial charge is 0.191 e. The number of rotatable bonds is 3. The number of ether oxygens (including phenoxy) is 3. The molecule has 3 heteroatoms. The van der Waals surface area contributed by atoms with Gasteiger partial charge in [0.05, 0.1) is 0 Å². The molecular weight excluding hydrogens is 240 g/mol. The van der Waals surface area contributed by atoms with E-state index in [0.717, 1.165) is 11.1 Å².